The maximum atomic E-state index is 13.2. The van der Waals surface area contributed by atoms with Crippen molar-refractivity contribution in [2.75, 3.05) is 19.5 Å². The van der Waals surface area contributed by atoms with Gasteiger partial charge in [-0.1, -0.05) is 6.07 Å². The number of nitrogens with zero attached hydrogens (tertiary/aromatic N) is 1. The smallest absolute Gasteiger partial charge is 0.283 e. The molecule has 7 heteroatoms. The normalized spacial score (nSPS) is 10.6. The van der Waals surface area contributed by atoms with Gasteiger partial charge < -0.3 is 14.8 Å². The van der Waals surface area contributed by atoms with Crippen molar-refractivity contribution in [1.82, 2.24) is 4.98 Å². The largest absolute Gasteiger partial charge is 0.493 e. The molecular weight excluding hydrogens is 297 g/mol. The van der Waals surface area contributed by atoms with Crippen LogP contribution in [0, 0.1) is 5.82 Å². The maximum absolute atomic E-state index is 13.2. The van der Waals surface area contributed by atoms with Crippen LogP contribution in [0.1, 0.15) is 17.7 Å². The van der Waals surface area contributed by atoms with Crippen LogP contribution >= 0.6 is 0 Å². The highest BCUT2D eigenvalue weighted by molar-refractivity contribution is 5.44. The van der Waals surface area contributed by atoms with Crippen molar-refractivity contribution in [1.29, 1.82) is 0 Å². The Morgan fingerprint density at radius 1 is 1.09 bits per heavy atom. The van der Waals surface area contributed by atoms with Gasteiger partial charge in [-0.15, -0.1) is 0 Å². The molecule has 1 N–H and O–H groups in total. The fourth-order valence-corrected chi connectivity index (χ4v) is 1.89. The second kappa shape index (κ2) is 7.02. The molecule has 0 aliphatic carbocycles. The van der Waals surface area contributed by atoms with Gasteiger partial charge in [-0.2, -0.15) is 0 Å². The third kappa shape index (κ3) is 3.60. The first-order valence-electron chi connectivity index (χ1n) is 6.44. The predicted octanol–water partition coefficient (Wildman–Crippen LogP) is 3.79. The van der Waals surface area contributed by atoms with Crippen LogP contribution in [-0.4, -0.2) is 19.2 Å². The minimum absolute atomic E-state index is 0.173. The number of alkyl halides is 2. The number of ether oxygens (including phenoxy) is 2. The lowest BCUT2D eigenvalue weighted by molar-refractivity contribution is 0.141. The summed E-state index contributed by atoms with van der Waals surface area (Å²) in [5, 5.41) is 2.86. The molecule has 0 fully saturated rings. The molecule has 0 aliphatic rings. The lowest BCUT2D eigenvalue weighted by Gasteiger charge is -2.11. The topological polar surface area (TPSA) is 43.4 Å². The third-order valence-electron chi connectivity index (χ3n) is 3.00. The van der Waals surface area contributed by atoms with Crippen molar-refractivity contribution in [3.8, 4) is 11.5 Å². The van der Waals surface area contributed by atoms with E-state index in [1.165, 1.54) is 20.3 Å². The van der Waals surface area contributed by atoms with Crippen LogP contribution in [0.3, 0.4) is 0 Å². The third-order valence-corrected chi connectivity index (χ3v) is 3.00. The summed E-state index contributed by atoms with van der Waals surface area (Å²) < 4.78 is 48.7. The number of hydrogen-bond acceptors (Lipinski definition) is 4. The molecule has 0 radical (unpaired) electrons. The van der Waals surface area contributed by atoms with Gasteiger partial charge in [-0.3, -0.25) is 0 Å². The predicted molar refractivity (Wildman–Crippen MR) is 76.0 cm³/mol. The minimum Gasteiger partial charge on any atom is -0.493 e. The van der Waals surface area contributed by atoms with E-state index >= 15 is 0 Å². The van der Waals surface area contributed by atoms with Crippen molar-refractivity contribution >= 4 is 5.82 Å². The van der Waals surface area contributed by atoms with E-state index in [0.29, 0.717) is 18.0 Å². The van der Waals surface area contributed by atoms with Crippen molar-refractivity contribution < 1.29 is 22.6 Å². The average molecular weight is 312 g/mol. The van der Waals surface area contributed by atoms with Crippen molar-refractivity contribution in [3.05, 3.63) is 47.4 Å². The van der Waals surface area contributed by atoms with Gasteiger partial charge in [0.25, 0.3) is 6.43 Å². The number of pyridine rings is 1. The monoisotopic (exact) mass is 312 g/mol. The average Bonchev–Trinajstić information content (AvgIpc) is 2.53. The molecule has 0 saturated heterocycles. The highest BCUT2D eigenvalue weighted by Crippen LogP contribution is 2.28. The SMILES string of the molecule is COc1ccc(CNc2ccc(F)c(C(F)F)n2)cc1OC. The summed E-state index contributed by atoms with van der Waals surface area (Å²) in [6.45, 7) is 0.321. The van der Waals surface area contributed by atoms with Crippen LogP contribution in [0.25, 0.3) is 0 Å². The number of methoxy groups -OCH3 is 2. The molecule has 0 atom stereocenters. The summed E-state index contributed by atoms with van der Waals surface area (Å²) >= 11 is 0. The molecule has 1 aromatic carbocycles. The fraction of sp³-hybridized carbons (Fsp3) is 0.267. The summed E-state index contributed by atoms with van der Waals surface area (Å²) in [7, 11) is 3.05. The summed E-state index contributed by atoms with van der Waals surface area (Å²) in [4.78, 5) is 3.57. The van der Waals surface area contributed by atoms with E-state index in [-0.39, 0.29) is 5.82 Å². The van der Waals surface area contributed by atoms with E-state index in [0.717, 1.165) is 11.6 Å². The van der Waals surface area contributed by atoms with Gasteiger partial charge >= 0.3 is 0 Å². The van der Waals surface area contributed by atoms with Gasteiger partial charge in [0.05, 0.1) is 14.2 Å². The molecule has 118 valence electrons. The summed E-state index contributed by atoms with van der Waals surface area (Å²) in [6.07, 6.45) is -2.96. The number of halogens is 3. The molecule has 2 rings (SSSR count). The number of hydrogen-bond donors (Lipinski definition) is 1. The second-order valence-electron chi connectivity index (χ2n) is 4.41. The zero-order valence-electron chi connectivity index (χ0n) is 12.1. The van der Waals surface area contributed by atoms with E-state index in [1.54, 1.807) is 18.2 Å². The van der Waals surface area contributed by atoms with E-state index < -0.39 is 17.9 Å². The van der Waals surface area contributed by atoms with Crippen LogP contribution in [0.15, 0.2) is 30.3 Å². The lowest BCUT2D eigenvalue weighted by atomic mass is 10.2. The summed E-state index contributed by atoms with van der Waals surface area (Å²) in [5.74, 6) is 0.298. The van der Waals surface area contributed by atoms with Gasteiger partial charge in [0.1, 0.15) is 11.5 Å². The molecule has 2 aromatic rings. The molecule has 4 nitrogen and oxygen atoms in total. The van der Waals surface area contributed by atoms with Gasteiger partial charge in [-0.25, -0.2) is 18.2 Å². The molecule has 1 aromatic heterocycles. The molecule has 0 saturated carbocycles. The Labute approximate surface area is 125 Å². The summed E-state index contributed by atoms with van der Waals surface area (Å²) in [5.41, 5.74) is -0.0281. The Hall–Kier alpha value is -2.44. The van der Waals surface area contributed by atoms with Gasteiger partial charge in [0.15, 0.2) is 17.3 Å². The van der Waals surface area contributed by atoms with Crippen LogP contribution in [-0.2, 0) is 6.54 Å². The van der Waals surface area contributed by atoms with E-state index in [4.69, 9.17) is 9.47 Å². The molecule has 0 bridgehead atoms. The Morgan fingerprint density at radius 2 is 1.82 bits per heavy atom. The minimum atomic E-state index is -2.96. The first kappa shape index (κ1) is 15.9. The van der Waals surface area contributed by atoms with E-state index in [1.807, 2.05) is 0 Å². The number of aromatic nitrogens is 1. The number of anilines is 1. The van der Waals surface area contributed by atoms with Gasteiger partial charge in [0.2, 0.25) is 0 Å². The quantitative estimate of drug-likeness (QED) is 0.881. The second-order valence-corrected chi connectivity index (χ2v) is 4.41. The molecular formula is C15H15F3N2O2. The number of nitrogens with one attached hydrogen (secondary N) is 1. The Balaban J connectivity index is 2.11. The fourth-order valence-electron chi connectivity index (χ4n) is 1.89. The number of benzene rings is 1. The molecule has 0 spiro atoms. The van der Waals surface area contributed by atoms with Crippen molar-refractivity contribution in [2.24, 2.45) is 0 Å². The summed E-state index contributed by atoms with van der Waals surface area (Å²) in [6, 6.07) is 7.56. The van der Waals surface area contributed by atoms with Crippen molar-refractivity contribution in [3.63, 3.8) is 0 Å². The zero-order chi connectivity index (χ0) is 16.1. The zero-order valence-corrected chi connectivity index (χ0v) is 12.1. The van der Waals surface area contributed by atoms with Crippen LogP contribution in [0.4, 0.5) is 19.0 Å². The molecule has 0 aliphatic heterocycles. The Bertz CT molecular complexity index is 651. The Kier molecular flexibility index (Phi) is 5.08. The molecule has 22 heavy (non-hydrogen) atoms. The maximum Gasteiger partial charge on any atom is 0.283 e. The number of rotatable bonds is 6. The molecule has 1 heterocycles. The first-order chi connectivity index (χ1) is 10.5. The lowest BCUT2D eigenvalue weighted by Crippen LogP contribution is -2.05. The van der Waals surface area contributed by atoms with E-state index in [2.05, 4.69) is 10.3 Å². The standard InChI is InChI=1S/C15H15F3N2O2/c1-21-11-5-3-9(7-12(11)22-2)8-19-13-6-4-10(16)14(20-13)15(17)18/h3-7,15H,8H2,1-2H3,(H,19,20). The van der Waals surface area contributed by atoms with Crippen LogP contribution in [0.2, 0.25) is 0 Å². The first-order valence-corrected chi connectivity index (χ1v) is 6.44. The van der Waals surface area contributed by atoms with Crippen molar-refractivity contribution in [2.45, 2.75) is 13.0 Å². The molecule has 0 amide bonds. The highest BCUT2D eigenvalue weighted by atomic mass is 19.3. The highest BCUT2D eigenvalue weighted by Gasteiger charge is 2.15. The van der Waals surface area contributed by atoms with Gasteiger partial charge in [0, 0.05) is 6.54 Å². The van der Waals surface area contributed by atoms with Crippen LogP contribution in [0.5, 0.6) is 11.5 Å². The van der Waals surface area contributed by atoms with E-state index in [9.17, 15) is 13.2 Å². The van der Waals surface area contributed by atoms with Crippen LogP contribution < -0.4 is 14.8 Å². The Morgan fingerprint density at radius 3 is 2.45 bits per heavy atom. The molecule has 0 unspecified atom stereocenters. The van der Waals surface area contributed by atoms with Gasteiger partial charge in [-0.05, 0) is 29.8 Å².